The van der Waals surface area contributed by atoms with Crippen molar-refractivity contribution in [3.8, 4) is 0 Å². The average Bonchev–Trinajstić information content (AvgIpc) is 2.74. The van der Waals surface area contributed by atoms with Crippen LogP contribution in [0.25, 0.3) is 0 Å². The topological polar surface area (TPSA) is 67.2 Å². The van der Waals surface area contributed by atoms with E-state index in [1.165, 1.54) is 0 Å². The average molecular weight is 253 g/mol. The Morgan fingerprint density at radius 2 is 2.22 bits per heavy atom. The molecule has 0 spiro atoms. The van der Waals surface area contributed by atoms with Crippen LogP contribution < -0.4 is 5.32 Å². The van der Waals surface area contributed by atoms with Crippen molar-refractivity contribution in [2.24, 2.45) is 0 Å². The molecule has 2 N–H and O–H groups in total. The molecule has 1 aromatic heterocycles. The number of aliphatic hydroxyl groups excluding tert-OH is 1. The van der Waals surface area contributed by atoms with Crippen LogP contribution >= 0.6 is 0 Å². The van der Waals surface area contributed by atoms with Crippen molar-refractivity contribution in [3.05, 3.63) is 18.2 Å². The first-order chi connectivity index (χ1) is 8.35. The molecule has 18 heavy (non-hydrogen) atoms. The Hall–Kier alpha value is -1.36. The van der Waals surface area contributed by atoms with E-state index in [0.717, 1.165) is 5.82 Å². The van der Waals surface area contributed by atoms with E-state index in [0.29, 0.717) is 18.9 Å². The summed E-state index contributed by atoms with van der Waals surface area (Å²) in [7, 11) is 0. The highest BCUT2D eigenvalue weighted by Gasteiger charge is 2.19. The second kappa shape index (κ2) is 6.00. The summed E-state index contributed by atoms with van der Waals surface area (Å²) in [6.07, 6.45) is 4.03. The molecule has 5 nitrogen and oxygen atoms in total. The van der Waals surface area contributed by atoms with Gasteiger partial charge in [-0.25, -0.2) is 4.98 Å². The minimum atomic E-state index is -0.563. The number of carbonyl (C=O) groups is 1. The van der Waals surface area contributed by atoms with Crippen LogP contribution in [-0.2, 0) is 11.3 Å². The number of hydrogen-bond donors (Lipinski definition) is 2. The summed E-state index contributed by atoms with van der Waals surface area (Å²) in [5.74, 6) is 1.28. The fourth-order valence-corrected chi connectivity index (χ4v) is 1.71. The van der Waals surface area contributed by atoms with Crippen LogP contribution in [-0.4, -0.2) is 32.7 Å². The zero-order chi connectivity index (χ0) is 13.8. The van der Waals surface area contributed by atoms with E-state index in [1.807, 2.05) is 10.8 Å². The zero-order valence-electron chi connectivity index (χ0n) is 11.6. The summed E-state index contributed by atoms with van der Waals surface area (Å²) in [5.41, 5.74) is -0.563. The second-order valence-electron chi connectivity index (χ2n) is 5.47. The van der Waals surface area contributed by atoms with E-state index < -0.39 is 5.54 Å². The van der Waals surface area contributed by atoms with Gasteiger partial charge >= 0.3 is 0 Å². The van der Waals surface area contributed by atoms with Crippen LogP contribution in [0.5, 0.6) is 0 Å². The maximum Gasteiger partial charge on any atom is 0.222 e. The van der Waals surface area contributed by atoms with Crippen molar-refractivity contribution in [3.63, 3.8) is 0 Å². The predicted octanol–water partition coefficient (Wildman–Crippen LogP) is 1.28. The third kappa shape index (κ3) is 4.14. The molecule has 0 unspecified atom stereocenters. The summed E-state index contributed by atoms with van der Waals surface area (Å²) in [6.45, 7) is 8.28. The number of amides is 1. The highest BCUT2D eigenvalue weighted by molar-refractivity contribution is 5.76. The Kier molecular flexibility index (Phi) is 4.90. The van der Waals surface area contributed by atoms with Crippen LogP contribution in [0.15, 0.2) is 12.4 Å². The Morgan fingerprint density at radius 3 is 2.78 bits per heavy atom. The molecule has 0 radical (unpaired) electrons. The summed E-state index contributed by atoms with van der Waals surface area (Å²) < 4.78 is 2.00. The molecule has 0 atom stereocenters. The summed E-state index contributed by atoms with van der Waals surface area (Å²) in [6, 6.07) is 0. The molecule has 0 saturated carbocycles. The number of aliphatic hydroxyl groups is 1. The molecule has 5 heteroatoms. The number of carbonyl (C=O) groups excluding carboxylic acids is 1. The van der Waals surface area contributed by atoms with Gasteiger partial charge in [0.25, 0.3) is 0 Å². The van der Waals surface area contributed by atoms with Crippen molar-refractivity contribution in [2.75, 3.05) is 6.61 Å². The third-order valence-electron chi connectivity index (χ3n) is 2.72. The molecule has 1 aromatic rings. The lowest BCUT2D eigenvalue weighted by Crippen LogP contribution is -2.46. The molecule has 0 aliphatic rings. The van der Waals surface area contributed by atoms with Crippen molar-refractivity contribution >= 4 is 5.91 Å². The smallest absolute Gasteiger partial charge is 0.222 e. The number of aromatic nitrogens is 2. The quantitative estimate of drug-likeness (QED) is 0.802. The molecule has 0 fully saturated rings. The molecule has 0 aromatic carbocycles. The fraction of sp³-hybridized carbons (Fsp3) is 0.692. The van der Waals surface area contributed by atoms with Gasteiger partial charge in [-0.2, -0.15) is 0 Å². The number of nitrogens with zero attached hydrogens (tertiary/aromatic N) is 2. The second-order valence-corrected chi connectivity index (χ2v) is 5.47. The fourth-order valence-electron chi connectivity index (χ4n) is 1.71. The number of rotatable bonds is 6. The number of imidazole rings is 1. The van der Waals surface area contributed by atoms with Gasteiger partial charge in [-0.05, 0) is 13.8 Å². The van der Waals surface area contributed by atoms with Gasteiger partial charge in [0.05, 0.1) is 12.1 Å². The number of aryl methyl sites for hydroxylation is 1. The van der Waals surface area contributed by atoms with E-state index in [1.54, 1.807) is 20.0 Å². The summed E-state index contributed by atoms with van der Waals surface area (Å²) in [4.78, 5) is 16.0. The van der Waals surface area contributed by atoms with Gasteiger partial charge in [-0.1, -0.05) is 13.8 Å². The lowest BCUT2D eigenvalue weighted by Gasteiger charge is -2.23. The van der Waals surface area contributed by atoms with E-state index in [-0.39, 0.29) is 12.5 Å². The largest absolute Gasteiger partial charge is 0.394 e. The van der Waals surface area contributed by atoms with Gasteiger partial charge in [0.15, 0.2) is 0 Å². The molecule has 0 aliphatic heterocycles. The molecule has 102 valence electrons. The van der Waals surface area contributed by atoms with E-state index in [4.69, 9.17) is 5.11 Å². The van der Waals surface area contributed by atoms with Crippen LogP contribution in [0.1, 0.15) is 45.9 Å². The summed E-state index contributed by atoms with van der Waals surface area (Å²) >= 11 is 0. The van der Waals surface area contributed by atoms with Gasteiger partial charge in [0.1, 0.15) is 5.82 Å². The number of nitrogens with one attached hydrogen (secondary N) is 1. The molecule has 1 rings (SSSR count). The Balaban J connectivity index is 2.50. The maximum atomic E-state index is 11.7. The monoisotopic (exact) mass is 253 g/mol. The van der Waals surface area contributed by atoms with Gasteiger partial charge in [-0.3, -0.25) is 4.79 Å². The Labute approximate surface area is 108 Å². The zero-order valence-corrected chi connectivity index (χ0v) is 11.6. The van der Waals surface area contributed by atoms with Crippen molar-refractivity contribution in [1.29, 1.82) is 0 Å². The molecule has 0 bridgehead atoms. The third-order valence-corrected chi connectivity index (χ3v) is 2.72. The highest BCUT2D eigenvalue weighted by atomic mass is 16.3. The SMILES string of the molecule is CC(C)c1nccn1CCC(=O)NC(C)(C)CO. The standard InChI is InChI=1S/C13H23N3O2/c1-10(2)12-14-6-8-16(12)7-5-11(18)15-13(3,4)9-17/h6,8,10,17H,5,7,9H2,1-4H3,(H,15,18). The Bertz CT molecular complexity index is 397. The van der Waals surface area contributed by atoms with Crippen LogP contribution in [0, 0.1) is 0 Å². The molecule has 0 saturated heterocycles. The van der Waals surface area contributed by atoms with Gasteiger partial charge in [-0.15, -0.1) is 0 Å². The van der Waals surface area contributed by atoms with Crippen LogP contribution in [0.2, 0.25) is 0 Å². The lowest BCUT2D eigenvalue weighted by atomic mass is 10.1. The maximum absolute atomic E-state index is 11.7. The first-order valence-electron chi connectivity index (χ1n) is 6.28. The minimum absolute atomic E-state index is 0.0579. The number of hydrogen-bond acceptors (Lipinski definition) is 3. The van der Waals surface area contributed by atoms with Gasteiger partial charge in [0, 0.05) is 31.3 Å². The predicted molar refractivity (Wildman–Crippen MR) is 70.2 cm³/mol. The van der Waals surface area contributed by atoms with E-state index in [9.17, 15) is 4.79 Å². The highest BCUT2D eigenvalue weighted by Crippen LogP contribution is 2.12. The molecule has 0 aliphatic carbocycles. The van der Waals surface area contributed by atoms with Crippen molar-refractivity contribution in [1.82, 2.24) is 14.9 Å². The van der Waals surface area contributed by atoms with Gasteiger partial charge in [0.2, 0.25) is 5.91 Å². The Morgan fingerprint density at radius 1 is 1.56 bits per heavy atom. The normalized spacial score (nSPS) is 11.9. The molecule has 1 amide bonds. The van der Waals surface area contributed by atoms with Crippen LogP contribution in [0.4, 0.5) is 0 Å². The molecule has 1 heterocycles. The van der Waals surface area contributed by atoms with Crippen LogP contribution in [0.3, 0.4) is 0 Å². The van der Waals surface area contributed by atoms with E-state index >= 15 is 0 Å². The summed E-state index contributed by atoms with van der Waals surface area (Å²) in [5, 5.41) is 11.9. The van der Waals surface area contributed by atoms with E-state index in [2.05, 4.69) is 24.1 Å². The molecular weight excluding hydrogens is 230 g/mol. The minimum Gasteiger partial charge on any atom is -0.394 e. The van der Waals surface area contributed by atoms with Crippen molar-refractivity contribution in [2.45, 2.75) is 52.1 Å². The van der Waals surface area contributed by atoms with Crippen molar-refractivity contribution < 1.29 is 9.90 Å². The first kappa shape index (κ1) is 14.7. The van der Waals surface area contributed by atoms with Gasteiger partial charge < -0.3 is 15.0 Å². The first-order valence-corrected chi connectivity index (χ1v) is 6.28. The molecular formula is C13H23N3O2. The lowest BCUT2D eigenvalue weighted by molar-refractivity contribution is -0.123.